The van der Waals surface area contributed by atoms with Gasteiger partial charge in [-0.1, -0.05) is 15.9 Å². The molecule has 5 heteroatoms. The summed E-state index contributed by atoms with van der Waals surface area (Å²) in [6.07, 6.45) is 12.7. The zero-order valence-electron chi connectivity index (χ0n) is 18.7. The van der Waals surface area contributed by atoms with Crippen molar-refractivity contribution >= 4 is 43.3 Å². The molecular weight excluding hydrogens is 470 g/mol. The summed E-state index contributed by atoms with van der Waals surface area (Å²) >= 11 is 3.91. The Bertz CT molecular complexity index is 941. The van der Waals surface area contributed by atoms with Crippen LogP contribution in [0, 0.1) is 11.8 Å². The summed E-state index contributed by atoms with van der Waals surface area (Å²) in [7, 11) is 2.40. The molecule has 3 nitrogen and oxygen atoms in total. The van der Waals surface area contributed by atoms with E-state index in [9.17, 15) is 4.79 Å². The van der Waals surface area contributed by atoms with Crippen molar-refractivity contribution in [2.45, 2.75) is 51.4 Å². The second-order valence-electron chi connectivity index (χ2n) is 9.45. The fourth-order valence-electron chi connectivity index (χ4n) is 5.29. The molecule has 1 atom stereocenters. The van der Waals surface area contributed by atoms with Gasteiger partial charge in [0.1, 0.15) is 0 Å². The zero-order chi connectivity index (χ0) is 22.0. The number of fused-ring (bicyclic) bond motifs is 1. The van der Waals surface area contributed by atoms with E-state index in [0.29, 0.717) is 18.3 Å². The lowest BCUT2D eigenvalue weighted by Gasteiger charge is -2.31. The van der Waals surface area contributed by atoms with E-state index in [4.69, 9.17) is 5.11 Å². The van der Waals surface area contributed by atoms with E-state index in [1.807, 2.05) is 0 Å². The Labute approximate surface area is 197 Å². The second-order valence-corrected chi connectivity index (χ2v) is 12.0. The third kappa shape index (κ3) is 5.61. The lowest BCUT2D eigenvalue weighted by Crippen LogP contribution is -2.20. The molecule has 0 saturated heterocycles. The van der Waals surface area contributed by atoms with Gasteiger partial charge in [0, 0.05) is 24.0 Å². The molecule has 1 unspecified atom stereocenters. The molecule has 0 bridgehead atoms. The maximum Gasteiger partial charge on any atom is 0.303 e. The minimum atomic E-state index is -0.660. The van der Waals surface area contributed by atoms with Crippen LogP contribution in [0.4, 0.5) is 0 Å². The van der Waals surface area contributed by atoms with Crippen LogP contribution in [-0.4, -0.2) is 47.7 Å². The molecule has 0 spiro atoms. The first-order chi connectivity index (χ1) is 14.9. The van der Waals surface area contributed by atoms with Gasteiger partial charge in [-0.2, -0.15) is 10.5 Å². The molecular formula is C26H34BrNO2S. The first-order valence-electron chi connectivity index (χ1n) is 11.5. The molecule has 1 N–H and O–H groups in total. The zero-order valence-corrected chi connectivity index (χ0v) is 21.1. The highest BCUT2D eigenvalue weighted by Gasteiger charge is 2.27. The Kier molecular flexibility index (Phi) is 7.56. The number of carboxylic acid groups (broad SMARTS) is 1. The van der Waals surface area contributed by atoms with Crippen molar-refractivity contribution in [3.8, 4) is 0 Å². The average molecular weight is 505 g/mol. The fourth-order valence-corrected chi connectivity index (χ4v) is 7.04. The van der Waals surface area contributed by atoms with Crippen LogP contribution in [0.25, 0.3) is 5.57 Å². The number of carbonyl (C=O) groups is 1. The van der Waals surface area contributed by atoms with Gasteiger partial charge in [-0.05, 0) is 127 Å². The monoisotopic (exact) mass is 503 g/mol. The molecule has 0 amide bonds. The van der Waals surface area contributed by atoms with Gasteiger partial charge in [0.05, 0.1) is 0 Å². The Morgan fingerprint density at radius 1 is 1.16 bits per heavy atom. The largest absolute Gasteiger partial charge is 0.481 e. The molecule has 0 aromatic heterocycles. The number of allylic oxidation sites excluding steroid dienone is 3. The summed E-state index contributed by atoms with van der Waals surface area (Å²) in [5.41, 5.74) is 7.25. The number of likely N-dealkylation sites (N-methyl/N-ethyl adjacent to an activating group) is 1. The third-order valence-electron chi connectivity index (χ3n) is 7.23. The van der Waals surface area contributed by atoms with Crippen molar-refractivity contribution in [1.29, 1.82) is 0 Å². The number of rotatable bonds is 5. The smallest absolute Gasteiger partial charge is 0.303 e. The average Bonchev–Trinajstić information content (AvgIpc) is 2.93. The number of halogens is 1. The highest BCUT2D eigenvalue weighted by molar-refractivity contribution is 9.10. The molecule has 2 aliphatic heterocycles. The van der Waals surface area contributed by atoms with Crippen LogP contribution < -0.4 is 0 Å². The van der Waals surface area contributed by atoms with Crippen LogP contribution in [0.3, 0.4) is 0 Å². The van der Waals surface area contributed by atoms with Crippen molar-refractivity contribution in [2.75, 3.05) is 26.4 Å². The topological polar surface area (TPSA) is 40.5 Å². The van der Waals surface area contributed by atoms with Gasteiger partial charge in [-0.3, -0.25) is 4.79 Å². The van der Waals surface area contributed by atoms with Crippen LogP contribution in [0.2, 0.25) is 0 Å². The van der Waals surface area contributed by atoms with Crippen LogP contribution in [0.1, 0.15) is 55.2 Å². The number of nitrogens with zero attached hydrogens (tertiary/aromatic N) is 1. The highest BCUT2D eigenvalue weighted by Crippen LogP contribution is 2.42. The maximum atomic E-state index is 10.9. The minimum Gasteiger partial charge on any atom is -0.481 e. The summed E-state index contributed by atoms with van der Waals surface area (Å²) in [5.74, 6) is 0.506. The maximum absolute atomic E-state index is 10.9. The van der Waals surface area contributed by atoms with E-state index in [2.05, 4.69) is 63.1 Å². The quantitative estimate of drug-likeness (QED) is 0.491. The normalized spacial score (nSPS) is 26.9. The summed E-state index contributed by atoms with van der Waals surface area (Å²) < 4.78 is 1.22. The Morgan fingerprint density at radius 3 is 2.52 bits per heavy atom. The molecule has 1 saturated carbocycles. The standard InChI is InChI=1S/C26H34BrNO2S/c1-28-12-9-20-15-23(25(27)16-21(20)10-13-28)22-11-14-31(2)17-24(22)19-6-3-18(4-7-19)5-8-26(29)30/h11,14-19H,3-10,12-13H2,1-2H3,(H,29,30)/t18-,19-,31?. The van der Waals surface area contributed by atoms with Gasteiger partial charge in [-0.25, -0.2) is 0 Å². The number of carboxylic acids is 1. The number of hydrogen-bond donors (Lipinski definition) is 1. The Hall–Kier alpha value is -1.17. The number of benzene rings is 1. The molecule has 4 rings (SSSR count). The lowest BCUT2D eigenvalue weighted by molar-refractivity contribution is -0.137. The SMILES string of the molecule is CN1CCc2cc(Br)c(C3=C([C@H]4CC[C@H](CCC(=O)O)CC4)C=S(C)C=C3)cc2CC1. The molecule has 1 aromatic carbocycles. The minimum absolute atomic E-state index is 0.186. The molecule has 1 fully saturated rings. The van der Waals surface area contributed by atoms with Crippen molar-refractivity contribution < 1.29 is 9.90 Å². The molecule has 168 valence electrons. The molecule has 31 heavy (non-hydrogen) atoms. The van der Waals surface area contributed by atoms with Crippen LogP contribution >= 0.6 is 26.4 Å². The second kappa shape index (κ2) is 10.2. The van der Waals surface area contributed by atoms with Crippen LogP contribution in [0.15, 0.2) is 33.7 Å². The van der Waals surface area contributed by atoms with Gasteiger partial charge >= 0.3 is 5.97 Å². The van der Waals surface area contributed by atoms with Crippen molar-refractivity contribution in [1.82, 2.24) is 4.90 Å². The first-order valence-corrected chi connectivity index (χ1v) is 14.1. The van der Waals surface area contributed by atoms with Crippen molar-refractivity contribution in [2.24, 2.45) is 11.8 Å². The van der Waals surface area contributed by atoms with Gasteiger partial charge in [0.25, 0.3) is 0 Å². The molecule has 0 radical (unpaired) electrons. The van der Waals surface area contributed by atoms with Crippen molar-refractivity contribution in [3.05, 3.63) is 50.4 Å². The first kappa shape index (κ1) is 23.0. The molecule has 2 heterocycles. The van der Waals surface area contributed by atoms with Gasteiger partial charge in [0.15, 0.2) is 0 Å². The van der Waals surface area contributed by atoms with Crippen molar-refractivity contribution in [3.63, 3.8) is 0 Å². The van der Waals surface area contributed by atoms with Crippen LogP contribution in [0.5, 0.6) is 0 Å². The van der Waals surface area contributed by atoms with Gasteiger partial charge < -0.3 is 10.0 Å². The van der Waals surface area contributed by atoms with E-state index >= 15 is 0 Å². The van der Waals surface area contributed by atoms with Gasteiger partial charge in [0.2, 0.25) is 0 Å². The summed E-state index contributed by atoms with van der Waals surface area (Å²) in [6, 6.07) is 4.81. The molecule has 3 aliphatic rings. The Morgan fingerprint density at radius 2 is 1.84 bits per heavy atom. The summed E-state index contributed by atoms with van der Waals surface area (Å²) in [5, 5.41) is 13.9. The lowest BCUT2D eigenvalue weighted by atomic mass is 9.75. The fraction of sp³-hybridized carbons (Fsp3) is 0.538. The predicted octanol–water partition coefficient (Wildman–Crippen LogP) is 6.13. The van der Waals surface area contributed by atoms with E-state index in [-0.39, 0.29) is 10.5 Å². The van der Waals surface area contributed by atoms with E-state index in [1.54, 1.807) is 0 Å². The number of aliphatic carboxylic acids is 1. The Balaban J connectivity index is 1.61. The molecule has 1 aromatic rings. The van der Waals surface area contributed by atoms with Crippen LogP contribution in [-0.2, 0) is 17.6 Å². The summed E-state index contributed by atoms with van der Waals surface area (Å²) in [6.45, 7) is 2.25. The predicted molar refractivity (Wildman–Crippen MR) is 137 cm³/mol. The number of hydrogen-bond acceptors (Lipinski definition) is 2. The van der Waals surface area contributed by atoms with E-state index in [1.165, 1.54) is 45.2 Å². The van der Waals surface area contributed by atoms with E-state index in [0.717, 1.165) is 45.2 Å². The third-order valence-corrected chi connectivity index (χ3v) is 9.08. The highest BCUT2D eigenvalue weighted by atomic mass is 79.9. The molecule has 1 aliphatic carbocycles. The van der Waals surface area contributed by atoms with E-state index < -0.39 is 5.97 Å². The summed E-state index contributed by atoms with van der Waals surface area (Å²) in [4.78, 5) is 13.4. The van der Waals surface area contributed by atoms with Gasteiger partial charge in [-0.15, -0.1) is 0 Å².